The lowest BCUT2D eigenvalue weighted by atomic mass is 9.99. The Morgan fingerprint density at radius 3 is 2.63 bits per heavy atom. The number of anilines is 1. The molecule has 1 aromatic heterocycles. The molecule has 0 amide bonds. The van der Waals surface area contributed by atoms with Gasteiger partial charge in [-0.3, -0.25) is 4.99 Å². The van der Waals surface area contributed by atoms with Crippen molar-refractivity contribution in [1.82, 2.24) is 25.5 Å². The molecule has 11 heteroatoms. The number of aliphatic imine (C=N–C) groups is 1. The van der Waals surface area contributed by atoms with Gasteiger partial charge >= 0.3 is 6.18 Å². The number of hydrogen-bond acceptors (Lipinski definition) is 5. The van der Waals surface area contributed by atoms with Crippen LogP contribution >= 0.6 is 24.0 Å². The summed E-state index contributed by atoms with van der Waals surface area (Å²) in [5.41, 5.74) is -0.957. The van der Waals surface area contributed by atoms with E-state index in [0.717, 1.165) is 44.2 Å². The highest BCUT2D eigenvalue weighted by molar-refractivity contribution is 14.0. The van der Waals surface area contributed by atoms with E-state index in [2.05, 4.69) is 42.7 Å². The number of halogens is 4. The number of rotatable bonds is 9. The molecule has 1 aromatic rings. The molecule has 0 saturated carbocycles. The molecule has 0 atom stereocenters. The van der Waals surface area contributed by atoms with Gasteiger partial charge in [0.2, 0.25) is 5.95 Å². The van der Waals surface area contributed by atoms with Crippen LogP contribution in [0.4, 0.5) is 19.1 Å². The van der Waals surface area contributed by atoms with Crippen LogP contribution in [-0.2, 0) is 6.18 Å². The van der Waals surface area contributed by atoms with E-state index in [1.807, 2.05) is 6.92 Å². The quantitative estimate of drug-likeness (QED) is 0.192. The van der Waals surface area contributed by atoms with Crippen LogP contribution in [0.15, 0.2) is 17.3 Å². The molecule has 0 bridgehead atoms. The van der Waals surface area contributed by atoms with Gasteiger partial charge in [-0.05, 0) is 57.8 Å². The maximum atomic E-state index is 12.7. The van der Waals surface area contributed by atoms with E-state index < -0.39 is 11.9 Å². The van der Waals surface area contributed by atoms with Gasteiger partial charge in [-0.15, -0.1) is 24.0 Å². The maximum Gasteiger partial charge on any atom is 0.433 e. The van der Waals surface area contributed by atoms with Gasteiger partial charge < -0.3 is 20.9 Å². The van der Waals surface area contributed by atoms with Crippen molar-refractivity contribution in [3.63, 3.8) is 0 Å². The number of piperidine rings is 1. The van der Waals surface area contributed by atoms with Crippen LogP contribution in [0.25, 0.3) is 0 Å². The zero-order chi connectivity index (χ0) is 21.1. The SMILES string of the molecule is CCNC(=NCCCN1CCC(C)CC1)NCCNc1nccc(C(F)(F)F)n1.I. The van der Waals surface area contributed by atoms with E-state index in [0.29, 0.717) is 19.0 Å². The van der Waals surface area contributed by atoms with Gasteiger partial charge in [0, 0.05) is 32.4 Å². The zero-order valence-electron chi connectivity index (χ0n) is 17.6. The third-order valence-corrected chi connectivity index (χ3v) is 4.77. The lowest BCUT2D eigenvalue weighted by molar-refractivity contribution is -0.141. The summed E-state index contributed by atoms with van der Waals surface area (Å²) in [6, 6.07) is 0.851. The summed E-state index contributed by atoms with van der Waals surface area (Å²) in [6.07, 6.45) is 0.169. The Hall–Kier alpha value is -1.37. The molecule has 2 rings (SSSR count). The molecular formula is C19H33F3IN7. The number of nitrogens with zero attached hydrogens (tertiary/aromatic N) is 4. The van der Waals surface area contributed by atoms with Crippen LogP contribution in [0, 0.1) is 5.92 Å². The Balaban J connectivity index is 0.00000450. The summed E-state index contributed by atoms with van der Waals surface area (Å²) in [7, 11) is 0. The normalized spacial score (nSPS) is 16.1. The van der Waals surface area contributed by atoms with Gasteiger partial charge in [0.05, 0.1) is 0 Å². The largest absolute Gasteiger partial charge is 0.433 e. The summed E-state index contributed by atoms with van der Waals surface area (Å²) in [5, 5.41) is 9.13. The standard InChI is InChI=1S/C19H32F3N7.HI/c1-3-23-17(24-8-4-12-29-13-6-15(2)7-14-29)26-10-11-27-18-25-9-5-16(28-18)19(20,21)22;/h5,9,15H,3-4,6-8,10-14H2,1-2H3,(H2,23,24,26)(H,25,27,28);1H. The number of guanidine groups is 1. The number of alkyl halides is 3. The smallest absolute Gasteiger partial charge is 0.357 e. The molecule has 0 aliphatic carbocycles. The summed E-state index contributed by atoms with van der Waals surface area (Å²) >= 11 is 0. The van der Waals surface area contributed by atoms with Gasteiger partial charge in [-0.2, -0.15) is 13.2 Å². The topological polar surface area (TPSA) is 77.5 Å². The predicted molar refractivity (Wildman–Crippen MR) is 124 cm³/mol. The first-order chi connectivity index (χ1) is 13.9. The summed E-state index contributed by atoms with van der Waals surface area (Å²) in [4.78, 5) is 14.4. The lowest BCUT2D eigenvalue weighted by Gasteiger charge is -2.29. The molecule has 1 aliphatic heterocycles. The molecule has 3 N–H and O–H groups in total. The molecule has 0 aromatic carbocycles. The van der Waals surface area contributed by atoms with Crippen LogP contribution in [0.2, 0.25) is 0 Å². The summed E-state index contributed by atoms with van der Waals surface area (Å²) in [6.45, 7) is 10.0. The average Bonchev–Trinajstić information content (AvgIpc) is 2.69. The summed E-state index contributed by atoms with van der Waals surface area (Å²) in [5.74, 6) is 1.50. The van der Waals surface area contributed by atoms with E-state index in [-0.39, 0.29) is 29.9 Å². The molecule has 0 spiro atoms. The molecule has 0 radical (unpaired) electrons. The van der Waals surface area contributed by atoms with E-state index in [1.165, 1.54) is 25.9 Å². The summed E-state index contributed by atoms with van der Waals surface area (Å²) < 4.78 is 38.0. The van der Waals surface area contributed by atoms with E-state index in [1.54, 1.807) is 0 Å². The van der Waals surface area contributed by atoms with Crippen molar-refractivity contribution in [3.05, 3.63) is 18.0 Å². The molecule has 172 valence electrons. The number of aromatic nitrogens is 2. The first kappa shape index (κ1) is 26.7. The van der Waals surface area contributed by atoms with E-state index >= 15 is 0 Å². The highest BCUT2D eigenvalue weighted by atomic mass is 127. The number of likely N-dealkylation sites (tertiary alicyclic amines) is 1. The fourth-order valence-corrected chi connectivity index (χ4v) is 3.07. The number of hydrogen-bond donors (Lipinski definition) is 3. The van der Waals surface area contributed by atoms with Gasteiger partial charge in [0.25, 0.3) is 0 Å². The van der Waals surface area contributed by atoms with Crippen molar-refractivity contribution in [2.75, 3.05) is 51.1 Å². The minimum atomic E-state index is -4.48. The average molecular weight is 543 g/mol. The molecule has 1 fully saturated rings. The Kier molecular flexibility index (Phi) is 12.3. The molecule has 7 nitrogen and oxygen atoms in total. The van der Waals surface area contributed by atoms with Gasteiger partial charge in [-0.1, -0.05) is 6.92 Å². The second-order valence-electron chi connectivity index (χ2n) is 7.26. The van der Waals surface area contributed by atoms with Crippen molar-refractivity contribution < 1.29 is 13.2 Å². The van der Waals surface area contributed by atoms with Crippen molar-refractivity contribution in [2.45, 2.75) is 39.3 Å². The van der Waals surface area contributed by atoms with Gasteiger partial charge in [0.15, 0.2) is 5.96 Å². The Bertz CT molecular complexity index is 635. The highest BCUT2D eigenvalue weighted by Gasteiger charge is 2.32. The Labute approximate surface area is 193 Å². The molecule has 2 heterocycles. The first-order valence-electron chi connectivity index (χ1n) is 10.3. The molecule has 1 saturated heterocycles. The van der Waals surface area contributed by atoms with Crippen LogP contribution in [0.1, 0.15) is 38.8 Å². The second-order valence-corrected chi connectivity index (χ2v) is 7.26. The monoisotopic (exact) mass is 543 g/mol. The Morgan fingerprint density at radius 1 is 1.23 bits per heavy atom. The van der Waals surface area contributed by atoms with Gasteiger partial charge in [0.1, 0.15) is 5.69 Å². The fourth-order valence-electron chi connectivity index (χ4n) is 3.07. The Morgan fingerprint density at radius 2 is 1.97 bits per heavy atom. The van der Waals surface area contributed by atoms with Crippen molar-refractivity contribution in [3.8, 4) is 0 Å². The van der Waals surface area contributed by atoms with Crippen LogP contribution < -0.4 is 16.0 Å². The fraction of sp³-hybridized carbons (Fsp3) is 0.737. The first-order valence-corrected chi connectivity index (χ1v) is 10.3. The third-order valence-electron chi connectivity index (χ3n) is 4.77. The second kappa shape index (κ2) is 13.8. The molecule has 0 unspecified atom stereocenters. The minimum absolute atomic E-state index is 0. The van der Waals surface area contributed by atoms with Gasteiger partial charge in [-0.25, -0.2) is 9.97 Å². The van der Waals surface area contributed by atoms with E-state index in [4.69, 9.17) is 0 Å². The zero-order valence-corrected chi connectivity index (χ0v) is 20.0. The maximum absolute atomic E-state index is 12.7. The van der Waals surface area contributed by atoms with E-state index in [9.17, 15) is 13.2 Å². The molecule has 1 aliphatic rings. The predicted octanol–water partition coefficient (Wildman–Crippen LogP) is 3.20. The van der Waals surface area contributed by atoms with Crippen molar-refractivity contribution >= 4 is 35.9 Å². The van der Waals surface area contributed by atoms with Crippen LogP contribution in [-0.4, -0.2) is 66.6 Å². The van der Waals surface area contributed by atoms with Crippen molar-refractivity contribution in [1.29, 1.82) is 0 Å². The number of nitrogens with one attached hydrogen (secondary N) is 3. The van der Waals surface area contributed by atoms with Crippen LogP contribution in [0.3, 0.4) is 0 Å². The molecule has 30 heavy (non-hydrogen) atoms. The minimum Gasteiger partial charge on any atom is -0.357 e. The third kappa shape index (κ3) is 10.1. The molecular weight excluding hydrogens is 510 g/mol. The highest BCUT2D eigenvalue weighted by Crippen LogP contribution is 2.27. The van der Waals surface area contributed by atoms with Crippen LogP contribution in [0.5, 0.6) is 0 Å². The van der Waals surface area contributed by atoms with Crippen molar-refractivity contribution in [2.24, 2.45) is 10.9 Å². The lowest BCUT2D eigenvalue weighted by Crippen LogP contribution is -2.40.